The van der Waals surface area contributed by atoms with E-state index in [0.717, 1.165) is 31.1 Å². The van der Waals surface area contributed by atoms with Gasteiger partial charge in [-0.15, -0.1) is 0 Å². The minimum atomic E-state index is -2.27. The van der Waals surface area contributed by atoms with Crippen molar-refractivity contribution in [2.75, 3.05) is 13.1 Å². The first-order valence-electron chi connectivity index (χ1n) is 9.92. The number of hydrogen-bond acceptors (Lipinski definition) is 6. The molecule has 0 radical (unpaired) electrons. The van der Waals surface area contributed by atoms with E-state index < -0.39 is 35.8 Å². The van der Waals surface area contributed by atoms with Crippen molar-refractivity contribution in [2.45, 2.75) is 62.9 Å². The molecule has 10 heteroatoms. The zero-order valence-electron chi connectivity index (χ0n) is 16.5. The molecule has 1 aromatic rings. The van der Waals surface area contributed by atoms with Gasteiger partial charge in [-0.2, -0.15) is 0 Å². The van der Waals surface area contributed by atoms with Gasteiger partial charge in [0.2, 0.25) is 0 Å². The Bertz CT molecular complexity index is 669. The summed E-state index contributed by atoms with van der Waals surface area (Å²) in [6, 6.07) is 4.96. The largest absolute Gasteiger partial charge is 0.479 e. The molecule has 1 aliphatic carbocycles. The number of carbonyl (C=O) groups is 2. The second kappa shape index (κ2) is 11.3. The van der Waals surface area contributed by atoms with E-state index in [1.807, 2.05) is 0 Å². The Balaban J connectivity index is 0.000000274. The maximum Gasteiger partial charge on any atom is 0.335 e. The number of benzene rings is 1. The number of nitrogens with zero attached hydrogens (tertiary/aromatic N) is 1. The Hall–Kier alpha value is -2.14. The number of aliphatic hydroxyl groups excluding tert-OH is 2. The van der Waals surface area contributed by atoms with Gasteiger partial charge in [0.1, 0.15) is 11.6 Å². The normalized spacial score (nSPS) is 21.2. The molecule has 2 unspecified atom stereocenters. The van der Waals surface area contributed by atoms with Gasteiger partial charge in [0.15, 0.2) is 12.2 Å². The number of aliphatic carboxylic acids is 2. The van der Waals surface area contributed by atoms with E-state index >= 15 is 0 Å². The summed E-state index contributed by atoms with van der Waals surface area (Å²) in [6.45, 7) is 2.70. The highest BCUT2D eigenvalue weighted by atomic mass is 19.1. The Morgan fingerprint density at radius 2 is 1.50 bits per heavy atom. The molecule has 1 saturated carbocycles. The second-order valence-corrected chi connectivity index (χ2v) is 7.60. The number of carboxylic acid groups (broad SMARTS) is 2. The highest BCUT2D eigenvalue weighted by Gasteiger charge is 2.31. The summed E-state index contributed by atoms with van der Waals surface area (Å²) in [5.41, 5.74) is 0.751. The van der Waals surface area contributed by atoms with Crippen molar-refractivity contribution in [3.8, 4) is 0 Å². The lowest BCUT2D eigenvalue weighted by molar-refractivity contribution is -0.165. The molecular weight excluding hydrogens is 402 g/mol. The molecule has 3 atom stereocenters. The lowest BCUT2D eigenvalue weighted by Crippen LogP contribution is -2.42. The minimum Gasteiger partial charge on any atom is -0.479 e. The zero-order valence-corrected chi connectivity index (χ0v) is 16.5. The number of rotatable bonds is 7. The third-order valence-electron chi connectivity index (χ3n) is 5.39. The highest BCUT2D eigenvalue weighted by Crippen LogP contribution is 2.28. The van der Waals surface area contributed by atoms with E-state index in [1.165, 1.54) is 37.8 Å². The molecule has 168 valence electrons. The highest BCUT2D eigenvalue weighted by molar-refractivity contribution is 5.83. The van der Waals surface area contributed by atoms with Crippen LogP contribution in [0.4, 0.5) is 8.78 Å². The fourth-order valence-corrected chi connectivity index (χ4v) is 3.90. The summed E-state index contributed by atoms with van der Waals surface area (Å²) in [7, 11) is 0. The summed E-state index contributed by atoms with van der Waals surface area (Å²) in [6.07, 6.45) is 1.59. The molecule has 0 amide bonds. The summed E-state index contributed by atoms with van der Waals surface area (Å²) >= 11 is 0. The van der Waals surface area contributed by atoms with E-state index in [1.54, 1.807) is 0 Å². The van der Waals surface area contributed by atoms with E-state index in [0.29, 0.717) is 18.6 Å². The van der Waals surface area contributed by atoms with Gasteiger partial charge in [-0.3, -0.25) is 4.90 Å². The van der Waals surface area contributed by atoms with Crippen molar-refractivity contribution in [1.29, 1.82) is 0 Å². The van der Waals surface area contributed by atoms with Gasteiger partial charge >= 0.3 is 11.9 Å². The van der Waals surface area contributed by atoms with Crippen LogP contribution in [-0.2, 0) is 16.1 Å². The van der Waals surface area contributed by atoms with Gasteiger partial charge < -0.3 is 25.7 Å². The average Bonchev–Trinajstić information content (AvgIpc) is 3.38. The summed E-state index contributed by atoms with van der Waals surface area (Å²) < 4.78 is 26.7. The topological polar surface area (TPSA) is 130 Å². The van der Waals surface area contributed by atoms with Crippen molar-refractivity contribution in [3.05, 3.63) is 35.4 Å². The molecule has 8 nitrogen and oxygen atoms in total. The first-order chi connectivity index (χ1) is 14.2. The SMILES string of the molecule is Fc1cc(F)cc(CN(C2CCCC2)[C@H]2CCNC2)c1.O=C(O)C(O)C(O)C(=O)O. The Morgan fingerprint density at radius 3 is 1.93 bits per heavy atom. The molecule has 5 N–H and O–H groups in total. The number of hydrogen-bond donors (Lipinski definition) is 5. The lowest BCUT2D eigenvalue weighted by Gasteiger charge is -2.34. The monoisotopic (exact) mass is 430 g/mol. The van der Waals surface area contributed by atoms with Crippen molar-refractivity contribution in [2.24, 2.45) is 0 Å². The van der Waals surface area contributed by atoms with E-state index in [9.17, 15) is 18.4 Å². The average molecular weight is 430 g/mol. The van der Waals surface area contributed by atoms with Gasteiger partial charge in [0, 0.05) is 31.2 Å². The Labute approximate surface area is 173 Å². The van der Waals surface area contributed by atoms with Crippen molar-refractivity contribution < 1.29 is 38.8 Å². The lowest BCUT2D eigenvalue weighted by atomic mass is 10.1. The van der Waals surface area contributed by atoms with Crippen LogP contribution in [0.15, 0.2) is 18.2 Å². The Morgan fingerprint density at radius 1 is 0.967 bits per heavy atom. The van der Waals surface area contributed by atoms with Crippen molar-refractivity contribution in [1.82, 2.24) is 10.2 Å². The van der Waals surface area contributed by atoms with Crippen LogP contribution in [0, 0.1) is 11.6 Å². The fraction of sp³-hybridized carbons (Fsp3) is 0.600. The molecule has 3 rings (SSSR count). The number of carboxylic acids is 2. The van der Waals surface area contributed by atoms with Gasteiger partial charge in [0.05, 0.1) is 0 Å². The zero-order chi connectivity index (χ0) is 22.3. The standard InChI is InChI=1S/C16H22F2N2.C4H6O6/c17-13-7-12(8-14(18)9-13)11-20(15-3-1-2-4-15)16-5-6-19-10-16;5-1(3(7)8)2(6)4(9)10/h7-9,15-16,19H,1-6,10-11H2;1-2,5-6H,(H,7,8)(H,9,10)/t16-;/m0./s1. The molecule has 1 saturated heterocycles. The molecule has 2 aliphatic rings. The van der Waals surface area contributed by atoms with Crippen LogP contribution in [0.25, 0.3) is 0 Å². The van der Waals surface area contributed by atoms with Crippen LogP contribution in [0.1, 0.15) is 37.7 Å². The van der Waals surface area contributed by atoms with Crippen LogP contribution in [-0.4, -0.2) is 74.6 Å². The van der Waals surface area contributed by atoms with E-state index in [4.69, 9.17) is 20.4 Å². The van der Waals surface area contributed by atoms with E-state index in [2.05, 4.69) is 10.2 Å². The van der Waals surface area contributed by atoms with Crippen LogP contribution < -0.4 is 5.32 Å². The van der Waals surface area contributed by atoms with E-state index in [-0.39, 0.29) is 0 Å². The first kappa shape index (κ1) is 24.1. The molecular formula is C20H28F2N2O6. The summed E-state index contributed by atoms with van der Waals surface area (Å²) in [5.74, 6) is -4.49. The van der Waals surface area contributed by atoms with Crippen LogP contribution in [0.2, 0.25) is 0 Å². The number of nitrogens with one attached hydrogen (secondary N) is 1. The van der Waals surface area contributed by atoms with Gasteiger partial charge in [-0.25, -0.2) is 18.4 Å². The van der Waals surface area contributed by atoms with Crippen molar-refractivity contribution in [3.63, 3.8) is 0 Å². The van der Waals surface area contributed by atoms with Gasteiger partial charge in [-0.1, -0.05) is 12.8 Å². The van der Waals surface area contributed by atoms with Crippen molar-refractivity contribution >= 4 is 11.9 Å². The smallest absolute Gasteiger partial charge is 0.335 e. The Kier molecular flexibility index (Phi) is 9.09. The number of aliphatic hydroxyl groups is 2. The summed E-state index contributed by atoms with van der Waals surface area (Å²) in [5, 5.41) is 35.9. The fourth-order valence-electron chi connectivity index (χ4n) is 3.90. The maximum absolute atomic E-state index is 13.4. The first-order valence-corrected chi connectivity index (χ1v) is 9.92. The molecule has 1 aliphatic heterocycles. The molecule has 0 aromatic heterocycles. The molecule has 30 heavy (non-hydrogen) atoms. The van der Waals surface area contributed by atoms with Crippen LogP contribution in [0.5, 0.6) is 0 Å². The third kappa shape index (κ3) is 6.98. The molecule has 1 aromatic carbocycles. The van der Waals surface area contributed by atoms with Crippen LogP contribution in [0.3, 0.4) is 0 Å². The number of halogens is 2. The quantitative estimate of drug-likeness (QED) is 0.432. The molecule has 0 spiro atoms. The second-order valence-electron chi connectivity index (χ2n) is 7.60. The van der Waals surface area contributed by atoms with Crippen LogP contribution >= 0.6 is 0 Å². The third-order valence-corrected chi connectivity index (χ3v) is 5.39. The van der Waals surface area contributed by atoms with Gasteiger partial charge in [0.25, 0.3) is 0 Å². The molecule has 2 fully saturated rings. The predicted molar refractivity (Wildman–Crippen MR) is 103 cm³/mol. The maximum atomic E-state index is 13.4. The summed E-state index contributed by atoms with van der Waals surface area (Å²) in [4.78, 5) is 22.0. The molecule has 1 heterocycles. The predicted octanol–water partition coefficient (Wildman–Crippen LogP) is 0.949. The molecule has 0 bridgehead atoms. The minimum absolute atomic E-state index is 0.476. The van der Waals surface area contributed by atoms with Gasteiger partial charge in [-0.05, 0) is 43.5 Å².